The molecule has 0 atom stereocenters. The van der Waals surface area contributed by atoms with Crippen molar-refractivity contribution in [1.82, 2.24) is 0 Å². The predicted molar refractivity (Wildman–Crippen MR) is 113 cm³/mol. The number of Topliss-reactive ketones (excluding diaryl/α,β-unsaturated/α-hetero) is 1. The lowest BCUT2D eigenvalue weighted by atomic mass is 10.1. The number of rotatable bonds is 7. The molecule has 3 rings (SSSR count). The molecule has 0 spiro atoms. The largest absolute Gasteiger partial charge is 0.497 e. The summed E-state index contributed by atoms with van der Waals surface area (Å²) in [6.45, 7) is -0.370. The molecule has 0 unspecified atom stereocenters. The minimum absolute atomic E-state index is 0.270. The molecule has 0 aliphatic carbocycles. The maximum atomic E-state index is 12.2. The van der Waals surface area contributed by atoms with Crippen molar-refractivity contribution < 1.29 is 23.9 Å². The van der Waals surface area contributed by atoms with Gasteiger partial charge in [0.15, 0.2) is 12.4 Å². The molecule has 0 radical (unpaired) electrons. The summed E-state index contributed by atoms with van der Waals surface area (Å²) in [4.78, 5) is 36.3. The Morgan fingerprint density at radius 1 is 0.733 bits per heavy atom. The van der Waals surface area contributed by atoms with E-state index in [1.807, 2.05) is 18.2 Å². The van der Waals surface area contributed by atoms with E-state index in [1.54, 1.807) is 48.5 Å². The maximum Gasteiger partial charge on any atom is 0.338 e. The average Bonchev–Trinajstić information content (AvgIpc) is 2.78. The van der Waals surface area contributed by atoms with E-state index in [1.165, 1.54) is 19.2 Å². The molecule has 0 heterocycles. The molecule has 3 aromatic carbocycles. The smallest absolute Gasteiger partial charge is 0.338 e. The summed E-state index contributed by atoms with van der Waals surface area (Å²) in [6.07, 6.45) is 0. The van der Waals surface area contributed by atoms with Gasteiger partial charge in [0.1, 0.15) is 5.75 Å². The quantitative estimate of drug-likeness (QED) is 0.450. The van der Waals surface area contributed by atoms with Crippen molar-refractivity contribution in [2.24, 2.45) is 0 Å². The zero-order valence-corrected chi connectivity index (χ0v) is 16.3. The van der Waals surface area contributed by atoms with Gasteiger partial charge < -0.3 is 20.1 Å². The first-order chi connectivity index (χ1) is 14.5. The van der Waals surface area contributed by atoms with Gasteiger partial charge in [-0.1, -0.05) is 18.2 Å². The van der Waals surface area contributed by atoms with Crippen molar-refractivity contribution in [3.05, 3.63) is 90.0 Å². The molecule has 0 bridgehead atoms. The summed E-state index contributed by atoms with van der Waals surface area (Å²) >= 11 is 0. The maximum absolute atomic E-state index is 12.2. The highest BCUT2D eigenvalue weighted by molar-refractivity contribution is 6.01. The minimum atomic E-state index is -0.628. The molecule has 7 heteroatoms. The second-order valence-corrected chi connectivity index (χ2v) is 6.25. The van der Waals surface area contributed by atoms with E-state index >= 15 is 0 Å². The zero-order valence-electron chi connectivity index (χ0n) is 16.3. The number of methoxy groups -OCH3 is 1. The number of ether oxygens (including phenoxy) is 2. The minimum Gasteiger partial charge on any atom is -0.497 e. The van der Waals surface area contributed by atoms with Gasteiger partial charge in [-0.25, -0.2) is 9.59 Å². The number of anilines is 2. The van der Waals surface area contributed by atoms with Crippen molar-refractivity contribution >= 4 is 29.2 Å². The number of carbonyl (C=O) groups excluding carboxylic acids is 3. The summed E-state index contributed by atoms with van der Waals surface area (Å²) in [5, 5.41) is 5.37. The highest BCUT2D eigenvalue weighted by Crippen LogP contribution is 2.14. The average molecular weight is 404 g/mol. The Kier molecular flexibility index (Phi) is 6.78. The fourth-order valence-electron chi connectivity index (χ4n) is 2.58. The van der Waals surface area contributed by atoms with E-state index in [2.05, 4.69) is 10.6 Å². The van der Waals surface area contributed by atoms with Crippen LogP contribution >= 0.6 is 0 Å². The summed E-state index contributed by atoms with van der Waals surface area (Å²) in [5.41, 5.74) is 1.87. The summed E-state index contributed by atoms with van der Waals surface area (Å²) in [6, 6.07) is 21.3. The summed E-state index contributed by atoms with van der Waals surface area (Å²) in [7, 11) is 1.54. The van der Waals surface area contributed by atoms with Crippen molar-refractivity contribution in [3.63, 3.8) is 0 Å². The first-order valence-electron chi connectivity index (χ1n) is 9.12. The molecule has 7 nitrogen and oxygen atoms in total. The zero-order chi connectivity index (χ0) is 21.3. The van der Waals surface area contributed by atoms with E-state index in [-0.39, 0.29) is 18.0 Å². The van der Waals surface area contributed by atoms with Crippen LogP contribution in [0, 0.1) is 0 Å². The number of esters is 1. The second kappa shape index (κ2) is 9.88. The van der Waals surface area contributed by atoms with Crippen LogP contribution in [0.25, 0.3) is 0 Å². The first kappa shape index (κ1) is 20.6. The van der Waals surface area contributed by atoms with Crippen LogP contribution in [-0.4, -0.2) is 31.5 Å². The van der Waals surface area contributed by atoms with E-state index in [4.69, 9.17) is 9.47 Å². The van der Waals surface area contributed by atoms with Crippen molar-refractivity contribution in [2.75, 3.05) is 24.4 Å². The second-order valence-electron chi connectivity index (χ2n) is 6.25. The third-order valence-corrected chi connectivity index (χ3v) is 4.16. The lowest BCUT2D eigenvalue weighted by Gasteiger charge is -2.08. The fraction of sp³-hybridized carbons (Fsp3) is 0.0870. The summed E-state index contributed by atoms with van der Waals surface area (Å²) in [5.74, 6) is -0.311. The molecule has 30 heavy (non-hydrogen) atoms. The molecule has 0 aliphatic rings. The van der Waals surface area contributed by atoms with Crippen LogP contribution in [-0.2, 0) is 4.74 Å². The van der Waals surface area contributed by atoms with Crippen LogP contribution in [0.5, 0.6) is 5.75 Å². The standard InChI is InChI=1S/C23H20N2O5/c1-29-20-13-9-16(10-14-20)21(26)15-30-22(27)17-7-11-19(12-8-17)25-23(28)24-18-5-3-2-4-6-18/h2-14H,15H2,1H3,(H2,24,25,28). The Bertz CT molecular complexity index is 1020. The molecule has 0 fully saturated rings. The number of carbonyl (C=O) groups is 3. The van der Waals surface area contributed by atoms with Gasteiger partial charge in [0, 0.05) is 16.9 Å². The van der Waals surface area contributed by atoms with Gasteiger partial charge in [-0.3, -0.25) is 4.79 Å². The number of ketones is 1. The number of hydrogen-bond donors (Lipinski definition) is 2. The lowest BCUT2D eigenvalue weighted by Crippen LogP contribution is -2.19. The molecule has 0 aromatic heterocycles. The van der Waals surface area contributed by atoms with E-state index in [9.17, 15) is 14.4 Å². The van der Waals surface area contributed by atoms with Crippen molar-refractivity contribution in [3.8, 4) is 5.75 Å². The van der Waals surface area contributed by atoms with Crippen LogP contribution in [0.15, 0.2) is 78.9 Å². The SMILES string of the molecule is COc1ccc(C(=O)COC(=O)c2ccc(NC(=O)Nc3ccccc3)cc2)cc1. The fourth-order valence-corrected chi connectivity index (χ4v) is 2.58. The lowest BCUT2D eigenvalue weighted by molar-refractivity contribution is 0.0475. The molecule has 0 saturated carbocycles. The van der Waals surface area contributed by atoms with Gasteiger partial charge in [0.2, 0.25) is 0 Å². The molecule has 2 N–H and O–H groups in total. The number of para-hydroxylation sites is 1. The van der Waals surface area contributed by atoms with E-state index in [0.29, 0.717) is 22.7 Å². The van der Waals surface area contributed by atoms with Crippen LogP contribution in [0.4, 0.5) is 16.2 Å². The Labute approximate surface area is 173 Å². The summed E-state index contributed by atoms with van der Waals surface area (Å²) < 4.78 is 10.1. The highest BCUT2D eigenvalue weighted by atomic mass is 16.5. The van der Waals surface area contributed by atoms with Gasteiger partial charge in [-0.15, -0.1) is 0 Å². The van der Waals surface area contributed by atoms with E-state index < -0.39 is 12.0 Å². The first-order valence-corrected chi connectivity index (χ1v) is 9.12. The molecule has 0 saturated heterocycles. The topological polar surface area (TPSA) is 93.7 Å². The van der Waals surface area contributed by atoms with Gasteiger partial charge in [-0.05, 0) is 60.7 Å². The number of urea groups is 1. The third kappa shape index (κ3) is 5.68. The van der Waals surface area contributed by atoms with Crippen LogP contribution < -0.4 is 15.4 Å². The molecular formula is C23H20N2O5. The molecule has 2 amide bonds. The van der Waals surface area contributed by atoms with Crippen LogP contribution in [0.3, 0.4) is 0 Å². The molecule has 0 aliphatic heterocycles. The Hall–Kier alpha value is -4.13. The Balaban J connectivity index is 1.50. The third-order valence-electron chi connectivity index (χ3n) is 4.16. The van der Waals surface area contributed by atoms with Crippen molar-refractivity contribution in [1.29, 1.82) is 0 Å². The Morgan fingerprint density at radius 3 is 1.90 bits per heavy atom. The van der Waals surface area contributed by atoms with Gasteiger partial charge in [0.25, 0.3) is 0 Å². The molecule has 3 aromatic rings. The van der Waals surface area contributed by atoms with Gasteiger partial charge >= 0.3 is 12.0 Å². The highest BCUT2D eigenvalue weighted by Gasteiger charge is 2.12. The number of nitrogens with one attached hydrogen (secondary N) is 2. The number of hydrogen-bond acceptors (Lipinski definition) is 5. The monoisotopic (exact) mass is 404 g/mol. The molecular weight excluding hydrogens is 384 g/mol. The number of benzene rings is 3. The van der Waals surface area contributed by atoms with Gasteiger partial charge in [-0.2, -0.15) is 0 Å². The van der Waals surface area contributed by atoms with Gasteiger partial charge in [0.05, 0.1) is 12.7 Å². The van der Waals surface area contributed by atoms with Crippen LogP contribution in [0.2, 0.25) is 0 Å². The van der Waals surface area contributed by atoms with Crippen LogP contribution in [0.1, 0.15) is 20.7 Å². The molecule has 152 valence electrons. The van der Waals surface area contributed by atoms with E-state index in [0.717, 1.165) is 0 Å². The predicted octanol–water partition coefficient (Wildman–Crippen LogP) is 4.38. The van der Waals surface area contributed by atoms with Crippen molar-refractivity contribution in [2.45, 2.75) is 0 Å². The normalized spacial score (nSPS) is 10.0. The Morgan fingerprint density at radius 2 is 1.30 bits per heavy atom. The number of amides is 2.